The Morgan fingerprint density at radius 3 is 2.62 bits per heavy atom. The molecule has 0 spiro atoms. The number of hydrogen-bond donors (Lipinski definition) is 0. The third-order valence-corrected chi connectivity index (χ3v) is 2.83. The Morgan fingerprint density at radius 1 is 1.14 bits per heavy atom. The topological polar surface area (TPSA) is 26.3 Å². The van der Waals surface area contributed by atoms with Gasteiger partial charge in [-0.3, -0.25) is 4.79 Å². The van der Waals surface area contributed by atoms with Crippen molar-refractivity contribution in [3.05, 3.63) is 77.1 Å². The first-order chi connectivity index (χ1) is 10.0. The number of hydrogen-bond acceptors (Lipinski definition) is 2. The molecular formula is C18H17FO2. The predicted molar refractivity (Wildman–Crippen MR) is 80.9 cm³/mol. The second-order valence-electron chi connectivity index (χ2n) is 5.03. The van der Waals surface area contributed by atoms with Crippen LogP contribution in [0.2, 0.25) is 0 Å². The second kappa shape index (κ2) is 6.84. The zero-order chi connectivity index (χ0) is 15.2. The summed E-state index contributed by atoms with van der Waals surface area (Å²) in [5, 5.41) is 0. The monoisotopic (exact) mass is 284 g/mol. The van der Waals surface area contributed by atoms with E-state index in [9.17, 15) is 9.18 Å². The molecule has 21 heavy (non-hydrogen) atoms. The predicted octanol–water partition coefficient (Wildman–Crippen LogP) is 4.55. The first-order valence-corrected chi connectivity index (χ1v) is 6.71. The van der Waals surface area contributed by atoms with Gasteiger partial charge in [0.15, 0.2) is 5.78 Å². The van der Waals surface area contributed by atoms with E-state index in [2.05, 4.69) is 0 Å². The molecule has 3 heteroatoms. The maximum atomic E-state index is 13.1. The largest absolute Gasteiger partial charge is 0.489 e. The summed E-state index contributed by atoms with van der Waals surface area (Å²) in [5.41, 5.74) is 2.27. The van der Waals surface area contributed by atoms with Crippen LogP contribution in [0, 0.1) is 5.82 Å². The fourth-order valence-electron chi connectivity index (χ4n) is 1.88. The minimum Gasteiger partial charge on any atom is -0.489 e. The van der Waals surface area contributed by atoms with Crippen LogP contribution in [0.1, 0.15) is 29.8 Å². The van der Waals surface area contributed by atoms with Gasteiger partial charge in [-0.15, -0.1) is 0 Å². The number of carbonyl (C=O) groups is 1. The van der Waals surface area contributed by atoms with E-state index in [1.54, 1.807) is 42.5 Å². The molecule has 0 aliphatic heterocycles. The SMILES string of the molecule is CC(C)=CC(=O)c1cccc(OCc2cccc(F)c2)c1. The van der Waals surface area contributed by atoms with Crippen LogP contribution in [-0.4, -0.2) is 5.78 Å². The van der Waals surface area contributed by atoms with Gasteiger partial charge in [0.05, 0.1) is 0 Å². The number of benzene rings is 2. The Morgan fingerprint density at radius 2 is 1.90 bits per heavy atom. The minimum atomic E-state index is -0.288. The summed E-state index contributed by atoms with van der Waals surface area (Å²) in [6, 6.07) is 13.2. The number of carbonyl (C=O) groups excluding carboxylic acids is 1. The lowest BCUT2D eigenvalue weighted by Crippen LogP contribution is -1.99. The van der Waals surface area contributed by atoms with Crippen molar-refractivity contribution in [2.75, 3.05) is 0 Å². The van der Waals surface area contributed by atoms with Crippen LogP contribution in [0.4, 0.5) is 4.39 Å². The van der Waals surface area contributed by atoms with E-state index in [0.29, 0.717) is 11.3 Å². The van der Waals surface area contributed by atoms with Crippen molar-refractivity contribution in [3.63, 3.8) is 0 Å². The third-order valence-electron chi connectivity index (χ3n) is 2.83. The molecule has 0 unspecified atom stereocenters. The molecule has 0 bridgehead atoms. The van der Waals surface area contributed by atoms with Crippen molar-refractivity contribution >= 4 is 5.78 Å². The Labute approximate surface area is 123 Å². The van der Waals surface area contributed by atoms with Gasteiger partial charge in [0, 0.05) is 5.56 Å². The fourth-order valence-corrected chi connectivity index (χ4v) is 1.88. The highest BCUT2D eigenvalue weighted by Gasteiger charge is 2.04. The first kappa shape index (κ1) is 15.0. The molecule has 0 heterocycles. The fraction of sp³-hybridized carbons (Fsp3) is 0.167. The van der Waals surface area contributed by atoms with Crippen molar-refractivity contribution in [3.8, 4) is 5.75 Å². The lowest BCUT2D eigenvalue weighted by atomic mass is 10.1. The molecular weight excluding hydrogens is 267 g/mol. The Bertz CT molecular complexity index is 670. The summed E-state index contributed by atoms with van der Waals surface area (Å²) >= 11 is 0. The second-order valence-corrected chi connectivity index (χ2v) is 5.03. The van der Waals surface area contributed by atoms with Crippen LogP contribution in [0.5, 0.6) is 5.75 Å². The van der Waals surface area contributed by atoms with Gasteiger partial charge < -0.3 is 4.74 Å². The molecule has 0 atom stereocenters. The van der Waals surface area contributed by atoms with Crippen LogP contribution in [0.3, 0.4) is 0 Å². The number of rotatable bonds is 5. The van der Waals surface area contributed by atoms with E-state index in [1.165, 1.54) is 12.1 Å². The van der Waals surface area contributed by atoms with Crippen LogP contribution in [0.25, 0.3) is 0 Å². The maximum Gasteiger partial charge on any atom is 0.185 e. The molecule has 2 aromatic carbocycles. The number of ketones is 1. The van der Waals surface area contributed by atoms with Gasteiger partial charge in [0.2, 0.25) is 0 Å². The molecule has 2 aromatic rings. The Kier molecular flexibility index (Phi) is 4.88. The Hall–Kier alpha value is -2.42. The van der Waals surface area contributed by atoms with Gasteiger partial charge in [0.25, 0.3) is 0 Å². The number of allylic oxidation sites excluding steroid dienone is 2. The van der Waals surface area contributed by atoms with E-state index in [0.717, 1.165) is 11.1 Å². The average Bonchev–Trinajstić information content (AvgIpc) is 2.45. The normalized spacial score (nSPS) is 10.0. The van der Waals surface area contributed by atoms with Gasteiger partial charge in [-0.1, -0.05) is 29.8 Å². The molecule has 108 valence electrons. The first-order valence-electron chi connectivity index (χ1n) is 6.71. The number of ether oxygens (including phenoxy) is 1. The van der Waals surface area contributed by atoms with Crippen molar-refractivity contribution < 1.29 is 13.9 Å². The minimum absolute atomic E-state index is 0.0498. The number of halogens is 1. The molecule has 2 nitrogen and oxygen atoms in total. The van der Waals surface area contributed by atoms with Gasteiger partial charge >= 0.3 is 0 Å². The van der Waals surface area contributed by atoms with Crippen molar-refractivity contribution in [1.82, 2.24) is 0 Å². The average molecular weight is 284 g/mol. The molecule has 0 N–H and O–H groups in total. The van der Waals surface area contributed by atoms with Gasteiger partial charge in [-0.05, 0) is 49.8 Å². The molecule has 0 fully saturated rings. The summed E-state index contributed by atoms with van der Waals surface area (Å²) in [7, 11) is 0. The van der Waals surface area contributed by atoms with Crippen molar-refractivity contribution in [2.45, 2.75) is 20.5 Å². The van der Waals surface area contributed by atoms with Gasteiger partial charge in [-0.25, -0.2) is 4.39 Å². The van der Waals surface area contributed by atoms with Gasteiger partial charge in [-0.2, -0.15) is 0 Å². The Balaban J connectivity index is 2.08. The lowest BCUT2D eigenvalue weighted by Gasteiger charge is -2.07. The highest BCUT2D eigenvalue weighted by molar-refractivity contribution is 6.05. The van der Waals surface area contributed by atoms with E-state index in [4.69, 9.17) is 4.74 Å². The summed E-state index contributed by atoms with van der Waals surface area (Å²) < 4.78 is 18.7. The van der Waals surface area contributed by atoms with Crippen LogP contribution in [-0.2, 0) is 6.61 Å². The van der Waals surface area contributed by atoms with Crippen LogP contribution >= 0.6 is 0 Å². The highest BCUT2D eigenvalue weighted by Crippen LogP contribution is 2.16. The summed E-state index contributed by atoms with van der Waals surface area (Å²) in [5.74, 6) is 0.252. The van der Waals surface area contributed by atoms with E-state index in [1.807, 2.05) is 13.8 Å². The molecule has 0 saturated carbocycles. The third kappa shape index (κ3) is 4.56. The maximum absolute atomic E-state index is 13.1. The summed E-state index contributed by atoms with van der Waals surface area (Å²) in [6.07, 6.45) is 1.59. The van der Waals surface area contributed by atoms with Crippen LogP contribution < -0.4 is 4.74 Å². The molecule has 2 rings (SSSR count). The zero-order valence-electron chi connectivity index (χ0n) is 12.1. The van der Waals surface area contributed by atoms with Gasteiger partial charge in [0.1, 0.15) is 18.2 Å². The van der Waals surface area contributed by atoms with E-state index < -0.39 is 0 Å². The molecule has 0 aromatic heterocycles. The van der Waals surface area contributed by atoms with Crippen molar-refractivity contribution in [2.24, 2.45) is 0 Å². The van der Waals surface area contributed by atoms with Crippen molar-refractivity contribution in [1.29, 1.82) is 0 Å². The van der Waals surface area contributed by atoms with Crippen LogP contribution in [0.15, 0.2) is 60.2 Å². The zero-order valence-corrected chi connectivity index (χ0v) is 12.1. The summed E-state index contributed by atoms with van der Waals surface area (Å²) in [6.45, 7) is 4.02. The standard InChI is InChI=1S/C18H17FO2/c1-13(2)9-18(20)15-6-4-8-17(11-15)21-12-14-5-3-7-16(19)10-14/h3-11H,12H2,1-2H3. The molecule has 0 radical (unpaired) electrons. The molecule has 0 aliphatic carbocycles. The smallest absolute Gasteiger partial charge is 0.185 e. The highest BCUT2D eigenvalue weighted by atomic mass is 19.1. The molecule has 0 saturated heterocycles. The van der Waals surface area contributed by atoms with E-state index in [-0.39, 0.29) is 18.2 Å². The lowest BCUT2D eigenvalue weighted by molar-refractivity contribution is 0.104. The molecule has 0 amide bonds. The summed E-state index contributed by atoms with van der Waals surface area (Å²) in [4.78, 5) is 11.9. The quantitative estimate of drug-likeness (QED) is 0.594. The molecule has 0 aliphatic rings. The van der Waals surface area contributed by atoms with E-state index >= 15 is 0 Å².